The topological polar surface area (TPSA) is 20.3 Å². The van der Waals surface area contributed by atoms with Crippen molar-refractivity contribution in [3.8, 4) is 0 Å². The minimum Gasteiger partial charge on any atom is -0.366 e. The third kappa shape index (κ3) is 2.16. The molecule has 0 radical (unpaired) electrons. The number of anilines is 1. The normalized spacial score (nSPS) is 14.3. The number of nitrogens with zero attached hydrogens (tertiary/aromatic N) is 1. The van der Waals surface area contributed by atoms with Gasteiger partial charge in [0.05, 0.1) is 11.3 Å². The number of hydrogen-bond acceptors (Lipinski definition) is 3. The van der Waals surface area contributed by atoms with E-state index in [1.807, 2.05) is 6.07 Å². The Bertz CT molecular complexity index is 635. The van der Waals surface area contributed by atoms with Gasteiger partial charge in [-0.15, -0.1) is 11.3 Å². The molecule has 2 heterocycles. The monoisotopic (exact) mass is 275 g/mol. The molecule has 2 aromatic rings. The van der Waals surface area contributed by atoms with Crippen molar-refractivity contribution in [2.24, 2.45) is 0 Å². The number of Topliss-reactive ketones (excluding diaryl/α,β-unsaturated/α-hetero) is 1. The van der Waals surface area contributed by atoms with Gasteiger partial charge in [0.15, 0.2) is 5.78 Å². The van der Waals surface area contributed by atoms with Gasteiger partial charge in [0.2, 0.25) is 0 Å². The average Bonchev–Trinajstić information content (AvgIpc) is 2.85. The Labute approximate surface area is 115 Å². The van der Waals surface area contributed by atoms with Gasteiger partial charge in [-0.1, -0.05) is 6.07 Å². The van der Waals surface area contributed by atoms with Gasteiger partial charge < -0.3 is 4.90 Å². The molecule has 0 amide bonds. The van der Waals surface area contributed by atoms with Crippen LogP contribution in [0.3, 0.4) is 0 Å². The quantitative estimate of drug-likeness (QED) is 0.780. The Morgan fingerprint density at radius 2 is 2.21 bits per heavy atom. The van der Waals surface area contributed by atoms with E-state index in [1.54, 1.807) is 17.4 Å². The molecule has 0 unspecified atom stereocenters. The molecular weight excluding hydrogens is 261 g/mol. The lowest BCUT2D eigenvalue weighted by Crippen LogP contribution is -2.30. The van der Waals surface area contributed by atoms with Crippen molar-refractivity contribution in [3.63, 3.8) is 0 Å². The van der Waals surface area contributed by atoms with Gasteiger partial charge >= 0.3 is 0 Å². The molecular formula is C15H14FNOS. The average molecular weight is 275 g/mol. The number of hydrogen-bond donors (Lipinski definition) is 0. The van der Waals surface area contributed by atoms with Crippen molar-refractivity contribution in [2.75, 3.05) is 11.4 Å². The Balaban J connectivity index is 2.00. The number of benzene rings is 1. The molecule has 0 saturated carbocycles. The van der Waals surface area contributed by atoms with Crippen molar-refractivity contribution in [1.29, 1.82) is 0 Å². The van der Waals surface area contributed by atoms with Gasteiger partial charge in [-0.25, -0.2) is 4.39 Å². The van der Waals surface area contributed by atoms with Gasteiger partial charge in [-0.3, -0.25) is 4.79 Å². The van der Waals surface area contributed by atoms with Crippen LogP contribution in [-0.2, 0) is 13.0 Å². The molecule has 3 rings (SSSR count). The van der Waals surface area contributed by atoms with Crippen LogP contribution >= 0.6 is 11.3 Å². The maximum absolute atomic E-state index is 13.8. The summed E-state index contributed by atoms with van der Waals surface area (Å²) >= 11 is 1.77. The van der Waals surface area contributed by atoms with Gasteiger partial charge in [0.1, 0.15) is 5.82 Å². The molecule has 4 heteroatoms. The van der Waals surface area contributed by atoms with Crippen molar-refractivity contribution in [3.05, 3.63) is 51.5 Å². The highest BCUT2D eigenvalue weighted by Gasteiger charge is 2.22. The van der Waals surface area contributed by atoms with E-state index in [0.29, 0.717) is 5.69 Å². The van der Waals surface area contributed by atoms with Crippen LogP contribution in [0, 0.1) is 5.82 Å². The number of carbonyl (C=O) groups excluding carboxylic acids is 1. The van der Waals surface area contributed by atoms with Gasteiger partial charge in [-0.2, -0.15) is 0 Å². The second-order valence-electron chi connectivity index (χ2n) is 4.73. The summed E-state index contributed by atoms with van der Waals surface area (Å²) in [6, 6.07) is 6.95. The van der Waals surface area contributed by atoms with Crippen LogP contribution in [0.4, 0.5) is 10.1 Å². The van der Waals surface area contributed by atoms with Gasteiger partial charge in [0, 0.05) is 18.0 Å². The molecule has 0 fully saturated rings. The standard InChI is InChI=1S/C15H14FNOS/c1-10(18)15-12(16)3-2-4-13(15)17-7-5-14-11(9-17)6-8-19-14/h2-4,6,8H,5,7,9H2,1H3. The fraction of sp³-hybridized carbons (Fsp3) is 0.267. The minimum absolute atomic E-state index is 0.209. The first-order valence-electron chi connectivity index (χ1n) is 6.26. The molecule has 19 heavy (non-hydrogen) atoms. The van der Waals surface area contributed by atoms with E-state index in [0.717, 1.165) is 19.5 Å². The van der Waals surface area contributed by atoms with E-state index in [1.165, 1.54) is 23.4 Å². The molecule has 0 bridgehead atoms. The molecule has 0 aliphatic carbocycles. The highest BCUT2D eigenvalue weighted by molar-refractivity contribution is 7.10. The molecule has 0 N–H and O–H groups in total. The van der Waals surface area contributed by atoms with Crippen LogP contribution in [0.5, 0.6) is 0 Å². The van der Waals surface area contributed by atoms with E-state index in [-0.39, 0.29) is 11.3 Å². The number of fused-ring (bicyclic) bond motifs is 1. The predicted molar refractivity (Wildman–Crippen MR) is 75.5 cm³/mol. The minimum atomic E-state index is -0.430. The third-order valence-corrected chi connectivity index (χ3v) is 4.52. The third-order valence-electron chi connectivity index (χ3n) is 3.49. The fourth-order valence-corrected chi connectivity index (χ4v) is 3.47. The summed E-state index contributed by atoms with van der Waals surface area (Å²) in [4.78, 5) is 15.2. The predicted octanol–water partition coefficient (Wildman–Crippen LogP) is 3.65. The number of carbonyl (C=O) groups is 1. The zero-order valence-electron chi connectivity index (χ0n) is 10.6. The lowest BCUT2D eigenvalue weighted by molar-refractivity contribution is 0.101. The van der Waals surface area contributed by atoms with Crippen LogP contribution in [0.2, 0.25) is 0 Å². The highest BCUT2D eigenvalue weighted by Crippen LogP contribution is 2.31. The summed E-state index contributed by atoms with van der Waals surface area (Å²) in [5, 5.41) is 2.09. The number of rotatable bonds is 2. The van der Waals surface area contributed by atoms with Crippen LogP contribution < -0.4 is 4.90 Å². The Kier molecular flexibility index (Phi) is 3.11. The molecule has 1 aromatic carbocycles. The molecule has 0 spiro atoms. The Morgan fingerprint density at radius 1 is 1.37 bits per heavy atom. The first kappa shape index (κ1) is 12.4. The fourth-order valence-electron chi connectivity index (χ4n) is 2.58. The van der Waals surface area contributed by atoms with Crippen LogP contribution in [0.15, 0.2) is 29.6 Å². The van der Waals surface area contributed by atoms with Gasteiger partial charge in [-0.05, 0) is 42.5 Å². The number of thiophene rings is 1. The molecule has 1 aliphatic rings. The van der Waals surface area contributed by atoms with E-state index in [9.17, 15) is 9.18 Å². The lowest BCUT2D eigenvalue weighted by Gasteiger charge is -2.30. The van der Waals surface area contributed by atoms with Crippen molar-refractivity contribution in [1.82, 2.24) is 0 Å². The van der Waals surface area contributed by atoms with Gasteiger partial charge in [0.25, 0.3) is 0 Å². The van der Waals surface area contributed by atoms with E-state index in [4.69, 9.17) is 0 Å². The summed E-state index contributed by atoms with van der Waals surface area (Å²) < 4.78 is 13.8. The number of halogens is 1. The Morgan fingerprint density at radius 3 is 3.00 bits per heavy atom. The molecule has 1 aliphatic heterocycles. The second kappa shape index (κ2) is 4.78. The van der Waals surface area contributed by atoms with E-state index >= 15 is 0 Å². The molecule has 1 aromatic heterocycles. The smallest absolute Gasteiger partial charge is 0.164 e. The van der Waals surface area contributed by atoms with E-state index in [2.05, 4.69) is 16.3 Å². The lowest BCUT2D eigenvalue weighted by atomic mass is 10.0. The van der Waals surface area contributed by atoms with Crippen LogP contribution in [0.1, 0.15) is 27.7 Å². The van der Waals surface area contributed by atoms with Crippen molar-refractivity contribution in [2.45, 2.75) is 19.9 Å². The Hall–Kier alpha value is -1.68. The molecule has 2 nitrogen and oxygen atoms in total. The first-order chi connectivity index (χ1) is 9.16. The SMILES string of the molecule is CC(=O)c1c(F)cccc1N1CCc2sccc2C1. The van der Waals surface area contributed by atoms with Crippen LogP contribution in [0.25, 0.3) is 0 Å². The van der Waals surface area contributed by atoms with Crippen molar-refractivity contribution >= 4 is 22.8 Å². The zero-order valence-corrected chi connectivity index (χ0v) is 11.5. The molecule has 0 saturated heterocycles. The molecule has 98 valence electrons. The summed E-state index contributed by atoms with van der Waals surface area (Å²) in [6.45, 7) is 3.00. The first-order valence-corrected chi connectivity index (χ1v) is 7.14. The molecule has 0 atom stereocenters. The maximum atomic E-state index is 13.8. The van der Waals surface area contributed by atoms with E-state index < -0.39 is 5.82 Å². The van der Waals surface area contributed by atoms with Crippen LogP contribution in [-0.4, -0.2) is 12.3 Å². The van der Waals surface area contributed by atoms with Crippen molar-refractivity contribution < 1.29 is 9.18 Å². The number of ketones is 1. The zero-order chi connectivity index (χ0) is 13.4. The summed E-state index contributed by atoms with van der Waals surface area (Å²) in [5.41, 5.74) is 2.21. The largest absolute Gasteiger partial charge is 0.366 e. The maximum Gasteiger partial charge on any atom is 0.164 e. The second-order valence-corrected chi connectivity index (χ2v) is 5.73. The summed E-state index contributed by atoms with van der Waals surface area (Å²) in [5.74, 6) is -0.648. The highest BCUT2D eigenvalue weighted by atomic mass is 32.1. The summed E-state index contributed by atoms with van der Waals surface area (Å²) in [6.07, 6.45) is 0.959. The summed E-state index contributed by atoms with van der Waals surface area (Å²) in [7, 11) is 0.